The van der Waals surface area contributed by atoms with Gasteiger partial charge in [-0.05, 0) is 35.5 Å². The van der Waals surface area contributed by atoms with Crippen molar-refractivity contribution >= 4 is 0 Å². The lowest BCUT2D eigenvalue weighted by Crippen LogP contribution is -2.34. The largest absolute Gasteiger partial charge is 0.0915 e. The minimum Gasteiger partial charge on any atom is -0.0915 e. The van der Waals surface area contributed by atoms with Crippen LogP contribution in [-0.4, -0.2) is 0 Å². The van der Waals surface area contributed by atoms with Crippen LogP contribution in [0.5, 0.6) is 0 Å². The summed E-state index contributed by atoms with van der Waals surface area (Å²) < 4.78 is 0. The van der Waals surface area contributed by atoms with Gasteiger partial charge in [0.15, 0.2) is 0 Å². The van der Waals surface area contributed by atoms with Crippen molar-refractivity contribution < 1.29 is 0 Å². The first-order valence-corrected chi connectivity index (χ1v) is 7.75. The zero-order valence-electron chi connectivity index (χ0n) is 14.2. The lowest BCUT2D eigenvalue weighted by molar-refractivity contribution is 0.263. The number of hydrogen-bond acceptors (Lipinski definition) is 0. The van der Waals surface area contributed by atoms with E-state index in [4.69, 9.17) is 0 Å². The second-order valence-corrected chi connectivity index (χ2v) is 5.19. The summed E-state index contributed by atoms with van der Waals surface area (Å²) in [5.41, 5.74) is 4.18. The fraction of sp³-hybridized carbons (Fsp3) is 0.579. The van der Waals surface area contributed by atoms with Crippen LogP contribution >= 0.6 is 0 Å². The average Bonchev–Trinajstić information content (AvgIpc) is 2.45. The molecule has 108 valence electrons. The normalized spacial score (nSPS) is 31.9. The fourth-order valence-corrected chi connectivity index (χ4v) is 2.73. The maximum absolute atomic E-state index is 4.08. The highest BCUT2D eigenvalue weighted by molar-refractivity contribution is 5.53. The maximum Gasteiger partial charge on any atom is 0.0141 e. The molecule has 0 saturated carbocycles. The number of fused-ring (bicyclic) bond motifs is 1. The van der Waals surface area contributed by atoms with Gasteiger partial charge in [0.25, 0.3) is 0 Å². The summed E-state index contributed by atoms with van der Waals surface area (Å²) in [6.45, 7) is 21.3. The molecule has 0 aliphatic heterocycles. The summed E-state index contributed by atoms with van der Waals surface area (Å²) in [4.78, 5) is 0. The van der Waals surface area contributed by atoms with Crippen molar-refractivity contribution in [3.8, 4) is 0 Å². The zero-order valence-corrected chi connectivity index (χ0v) is 14.2. The van der Waals surface area contributed by atoms with E-state index in [2.05, 4.69) is 58.6 Å². The van der Waals surface area contributed by atoms with Crippen LogP contribution in [0.15, 0.2) is 47.6 Å². The van der Waals surface area contributed by atoms with Crippen molar-refractivity contribution in [2.75, 3.05) is 0 Å². The van der Waals surface area contributed by atoms with Crippen LogP contribution in [0.25, 0.3) is 0 Å². The summed E-state index contributed by atoms with van der Waals surface area (Å²) in [7, 11) is 0. The third-order valence-electron chi connectivity index (χ3n) is 4.40. The molecule has 0 heterocycles. The van der Waals surface area contributed by atoms with Crippen LogP contribution < -0.4 is 0 Å². The van der Waals surface area contributed by atoms with Crippen LogP contribution in [-0.2, 0) is 0 Å². The van der Waals surface area contributed by atoms with Gasteiger partial charge in [-0.25, -0.2) is 0 Å². The van der Waals surface area contributed by atoms with Gasteiger partial charge in [-0.3, -0.25) is 0 Å². The molecule has 0 aromatic heterocycles. The van der Waals surface area contributed by atoms with E-state index >= 15 is 0 Å². The van der Waals surface area contributed by atoms with E-state index in [0.29, 0.717) is 11.8 Å². The molecule has 0 aromatic rings. The Bertz CT molecular complexity index is 392. The first kappa shape index (κ1) is 18.0. The second-order valence-electron chi connectivity index (χ2n) is 5.19. The topological polar surface area (TPSA) is 0 Å². The molecule has 19 heavy (non-hydrogen) atoms. The summed E-state index contributed by atoms with van der Waals surface area (Å²) in [5.74, 6) is 1.32. The Kier molecular flexibility index (Phi) is 7.11. The lowest BCUT2D eigenvalue weighted by atomic mass is 9.61. The molecule has 2 aliphatic rings. The molecule has 3 unspecified atom stereocenters. The highest BCUT2D eigenvalue weighted by atomic mass is 14.4. The molecule has 0 radical (unpaired) electrons. The monoisotopic (exact) mass is 260 g/mol. The Morgan fingerprint density at radius 1 is 1.05 bits per heavy atom. The van der Waals surface area contributed by atoms with Crippen molar-refractivity contribution in [1.82, 2.24) is 0 Å². The zero-order chi connectivity index (χ0) is 15.2. The predicted molar refractivity (Wildman–Crippen MR) is 89.3 cm³/mol. The molecule has 0 amide bonds. The third-order valence-corrected chi connectivity index (χ3v) is 4.40. The van der Waals surface area contributed by atoms with Crippen molar-refractivity contribution in [3.63, 3.8) is 0 Å². The molecule has 0 spiro atoms. The molecule has 2 rings (SSSR count). The molecule has 0 heteroatoms. The van der Waals surface area contributed by atoms with Gasteiger partial charge in [-0.1, -0.05) is 79.3 Å². The highest BCUT2D eigenvalue weighted by Gasteiger charge is 2.39. The predicted octanol–water partition coefficient (Wildman–Crippen LogP) is 6.33. The first-order chi connectivity index (χ1) is 8.97. The molecular formula is C19H32. The van der Waals surface area contributed by atoms with Gasteiger partial charge in [0, 0.05) is 5.41 Å². The molecule has 0 N–H and O–H groups in total. The summed E-state index contributed by atoms with van der Waals surface area (Å²) in [6.07, 6.45) is 9.15. The average molecular weight is 260 g/mol. The maximum atomic E-state index is 4.08. The van der Waals surface area contributed by atoms with Crippen molar-refractivity contribution in [2.45, 2.75) is 55.4 Å². The number of allylic oxidation sites excluding steroid dienone is 7. The Balaban J connectivity index is 0.000000741. The minimum atomic E-state index is 0.208. The van der Waals surface area contributed by atoms with Gasteiger partial charge < -0.3 is 0 Å². The number of hydrogen-bond donors (Lipinski definition) is 0. The Labute approximate surface area is 121 Å². The van der Waals surface area contributed by atoms with Crippen LogP contribution in [0, 0.1) is 17.3 Å². The smallest absolute Gasteiger partial charge is 0.0141 e. The van der Waals surface area contributed by atoms with Gasteiger partial charge in [0.1, 0.15) is 0 Å². The second kappa shape index (κ2) is 7.53. The van der Waals surface area contributed by atoms with E-state index in [1.165, 1.54) is 11.1 Å². The molecule has 3 atom stereocenters. The van der Waals surface area contributed by atoms with E-state index in [9.17, 15) is 0 Å². The molecular weight excluding hydrogens is 228 g/mol. The molecule has 0 saturated heterocycles. The van der Waals surface area contributed by atoms with Crippen LogP contribution in [0.2, 0.25) is 0 Å². The summed E-state index contributed by atoms with van der Waals surface area (Å²) >= 11 is 0. The SMILES string of the molecule is C=C1C=CC2(C)C(=C1C)C=CC(C)C2C.CC.CC. The summed E-state index contributed by atoms with van der Waals surface area (Å²) in [6, 6.07) is 0. The van der Waals surface area contributed by atoms with Crippen molar-refractivity contribution in [3.05, 3.63) is 47.6 Å². The molecule has 0 aromatic carbocycles. The van der Waals surface area contributed by atoms with Crippen molar-refractivity contribution in [1.29, 1.82) is 0 Å². The van der Waals surface area contributed by atoms with Crippen molar-refractivity contribution in [2.24, 2.45) is 17.3 Å². The molecule has 0 bridgehead atoms. The van der Waals surface area contributed by atoms with E-state index in [-0.39, 0.29) is 5.41 Å². The van der Waals surface area contributed by atoms with Gasteiger partial charge in [-0.15, -0.1) is 0 Å². The van der Waals surface area contributed by atoms with Crippen LogP contribution in [0.1, 0.15) is 55.4 Å². The Morgan fingerprint density at radius 2 is 1.58 bits per heavy atom. The van der Waals surface area contributed by atoms with Gasteiger partial charge >= 0.3 is 0 Å². The fourth-order valence-electron chi connectivity index (χ4n) is 2.73. The quantitative estimate of drug-likeness (QED) is 0.477. The van der Waals surface area contributed by atoms with Gasteiger partial charge in [0.05, 0.1) is 0 Å². The van der Waals surface area contributed by atoms with E-state index < -0.39 is 0 Å². The summed E-state index contributed by atoms with van der Waals surface area (Å²) in [5, 5.41) is 0. The number of rotatable bonds is 0. The first-order valence-electron chi connectivity index (χ1n) is 7.75. The Morgan fingerprint density at radius 3 is 2.11 bits per heavy atom. The minimum absolute atomic E-state index is 0.208. The standard InChI is InChI=1S/C15H20.2C2H6/c1-10-8-9-15(5)13(4)11(2)6-7-14(15)12(10)3;2*1-2/h6-9,11,13H,1H2,2-5H3;2*1-2H3. The van der Waals surface area contributed by atoms with Crippen LogP contribution in [0.4, 0.5) is 0 Å². The van der Waals surface area contributed by atoms with E-state index in [1.807, 2.05) is 27.7 Å². The molecule has 0 fully saturated rings. The van der Waals surface area contributed by atoms with Gasteiger partial charge in [0.2, 0.25) is 0 Å². The molecule has 2 aliphatic carbocycles. The Hall–Kier alpha value is -1.04. The van der Waals surface area contributed by atoms with Crippen LogP contribution in [0.3, 0.4) is 0 Å². The highest BCUT2D eigenvalue weighted by Crippen LogP contribution is 2.49. The van der Waals surface area contributed by atoms with E-state index in [1.54, 1.807) is 0 Å². The van der Waals surface area contributed by atoms with E-state index in [0.717, 1.165) is 5.57 Å². The third kappa shape index (κ3) is 3.29. The van der Waals surface area contributed by atoms with Gasteiger partial charge in [-0.2, -0.15) is 0 Å². The lowest BCUT2D eigenvalue weighted by Gasteiger charge is -2.43. The molecule has 0 nitrogen and oxygen atoms in total.